The number of ether oxygens (including phenoxy) is 1. The van der Waals surface area contributed by atoms with Crippen LogP contribution in [0.1, 0.15) is 18.1 Å². The summed E-state index contributed by atoms with van der Waals surface area (Å²) >= 11 is 0. The van der Waals surface area contributed by atoms with E-state index in [4.69, 9.17) is 4.74 Å². The molecule has 0 bridgehead atoms. The van der Waals surface area contributed by atoms with Crippen molar-refractivity contribution in [2.45, 2.75) is 19.9 Å². The van der Waals surface area contributed by atoms with Gasteiger partial charge in [0.05, 0.1) is 6.04 Å². The highest BCUT2D eigenvalue weighted by molar-refractivity contribution is 5.95. The molecule has 0 fully saturated rings. The van der Waals surface area contributed by atoms with E-state index >= 15 is 0 Å². The molecule has 0 saturated carbocycles. The van der Waals surface area contributed by atoms with E-state index < -0.39 is 0 Å². The summed E-state index contributed by atoms with van der Waals surface area (Å²) in [5, 5.41) is 0. The minimum atomic E-state index is 0.302. The van der Waals surface area contributed by atoms with Gasteiger partial charge in [0.15, 0.2) is 0 Å². The summed E-state index contributed by atoms with van der Waals surface area (Å²) in [5.41, 5.74) is 2.34. The topological polar surface area (TPSA) is 21.6 Å². The summed E-state index contributed by atoms with van der Waals surface area (Å²) in [6, 6.07) is 8.55. The number of aliphatic imine (C=N–C) groups is 1. The molecule has 0 radical (unpaired) electrons. The number of hydrogen-bond acceptors (Lipinski definition) is 2. The predicted octanol–water partition coefficient (Wildman–Crippen LogP) is 2.16. The molecule has 1 aliphatic rings. The van der Waals surface area contributed by atoms with Gasteiger partial charge < -0.3 is 4.74 Å². The van der Waals surface area contributed by atoms with Crippen molar-refractivity contribution in [2.75, 3.05) is 6.61 Å². The van der Waals surface area contributed by atoms with Crippen LogP contribution in [-0.4, -0.2) is 18.5 Å². The van der Waals surface area contributed by atoms with Gasteiger partial charge in [0.25, 0.3) is 0 Å². The molecule has 0 aromatic heterocycles. The number of hydrogen-bond donors (Lipinski definition) is 0. The Morgan fingerprint density at radius 1 is 1.31 bits per heavy atom. The maximum atomic E-state index is 5.44. The molecule has 2 rings (SSSR count). The van der Waals surface area contributed by atoms with Gasteiger partial charge >= 0.3 is 0 Å². The lowest BCUT2D eigenvalue weighted by Crippen LogP contribution is -2.01. The van der Waals surface area contributed by atoms with E-state index in [1.165, 1.54) is 5.56 Å². The van der Waals surface area contributed by atoms with Crippen molar-refractivity contribution in [2.24, 2.45) is 4.99 Å². The van der Waals surface area contributed by atoms with Crippen LogP contribution >= 0.6 is 0 Å². The Morgan fingerprint density at radius 2 is 2.00 bits per heavy atom. The second kappa shape index (κ2) is 3.21. The number of benzene rings is 1. The van der Waals surface area contributed by atoms with Gasteiger partial charge in [-0.25, -0.2) is 4.99 Å². The zero-order valence-electron chi connectivity index (χ0n) is 7.95. The summed E-state index contributed by atoms with van der Waals surface area (Å²) in [7, 11) is 0. The second-order valence-corrected chi connectivity index (χ2v) is 3.46. The summed E-state index contributed by atoms with van der Waals surface area (Å²) in [6.07, 6.45) is 0. The molecular weight excluding hydrogens is 162 g/mol. The molecule has 1 aromatic rings. The molecule has 0 N–H and O–H groups in total. The highest BCUT2D eigenvalue weighted by Crippen LogP contribution is 2.12. The summed E-state index contributed by atoms with van der Waals surface area (Å²) in [4.78, 5) is 4.38. The molecule has 68 valence electrons. The fourth-order valence-corrected chi connectivity index (χ4v) is 1.33. The number of aryl methyl sites for hydroxylation is 1. The van der Waals surface area contributed by atoms with E-state index in [-0.39, 0.29) is 0 Å². The van der Waals surface area contributed by atoms with Crippen molar-refractivity contribution in [1.82, 2.24) is 0 Å². The number of nitrogens with zero attached hydrogens (tertiary/aromatic N) is 1. The van der Waals surface area contributed by atoms with Crippen LogP contribution in [0.4, 0.5) is 0 Å². The first kappa shape index (κ1) is 8.30. The Morgan fingerprint density at radius 3 is 2.54 bits per heavy atom. The lowest BCUT2D eigenvalue weighted by molar-refractivity contribution is 0.324. The molecule has 0 saturated heterocycles. The van der Waals surface area contributed by atoms with Crippen molar-refractivity contribution in [3.8, 4) is 0 Å². The minimum Gasteiger partial charge on any atom is -0.475 e. The molecule has 0 unspecified atom stereocenters. The Kier molecular flexibility index (Phi) is 2.05. The third-order valence-corrected chi connectivity index (χ3v) is 2.10. The van der Waals surface area contributed by atoms with Crippen LogP contribution in [0.15, 0.2) is 29.3 Å². The monoisotopic (exact) mass is 175 g/mol. The normalized spacial score (nSPS) is 21.1. The van der Waals surface area contributed by atoms with Crippen molar-refractivity contribution in [1.29, 1.82) is 0 Å². The third kappa shape index (κ3) is 1.72. The summed E-state index contributed by atoms with van der Waals surface area (Å²) in [6.45, 7) is 4.84. The summed E-state index contributed by atoms with van der Waals surface area (Å²) < 4.78 is 5.44. The molecule has 1 aliphatic heterocycles. The largest absolute Gasteiger partial charge is 0.475 e. The van der Waals surface area contributed by atoms with Crippen molar-refractivity contribution >= 4 is 5.90 Å². The molecule has 13 heavy (non-hydrogen) atoms. The summed E-state index contributed by atoms with van der Waals surface area (Å²) in [5.74, 6) is 0.785. The second-order valence-electron chi connectivity index (χ2n) is 3.46. The maximum Gasteiger partial charge on any atom is 0.216 e. The average Bonchev–Trinajstić information content (AvgIpc) is 2.53. The van der Waals surface area contributed by atoms with Crippen molar-refractivity contribution < 1.29 is 4.74 Å². The fourth-order valence-electron chi connectivity index (χ4n) is 1.33. The van der Waals surface area contributed by atoms with E-state index in [9.17, 15) is 0 Å². The number of rotatable bonds is 1. The zero-order valence-corrected chi connectivity index (χ0v) is 7.95. The fraction of sp³-hybridized carbons (Fsp3) is 0.364. The van der Waals surface area contributed by atoms with Gasteiger partial charge in [-0.05, 0) is 26.0 Å². The first-order valence-corrected chi connectivity index (χ1v) is 4.53. The van der Waals surface area contributed by atoms with Crippen LogP contribution in [0.5, 0.6) is 0 Å². The molecule has 0 spiro atoms. The first-order valence-electron chi connectivity index (χ1n) is 4.53. The van der Waals surface area contributed by atoms with Crippen LogP contribution in [0.3, 0.4) is 0 Å². The molecule has 1 atom stereocenters. The van der Waals surface area contributed by atoms with E-state index in [1.54, 1.807) is 0 Å². The Balaban J connectivity index is 2.26. The zero-order chi connectivity index (χ0) is 9.26. The molecule has 1 heterocycles. The van der Waals surface area contributed by atoms with Crippen LogP contribution in [0, 0.1) is 6.92 Å². The van der Waals surface area contributed by atoms with Gasteiger partial charge in [-0.2, -0.15) is 0 Å². The van der Waals surface area contributed by atoms with Crippen molar-refractivity contribution in [3.05, 3.63) is 35.4 Å². The van der Waals surface area contributed by atoms with Crippen molar-refractivity contribution in [3.63, 3.8) is 0 Å². The Hall–Kier alpha value is -1.31. The Labute approximate surface area is 78.3 Å². The van der Waals surface area contributed by atoms with Gasteiger partial charge in [-0.15, -0.1) is 0 Å². The SMILES string of the molecule is Cc1ccc(C2=N[C@@H](C)CO2)cc1. The minimum absolute atomic E-state index is 0.302. The highest BCUT2D eigenvalue weighted by Gasteiger charge is 2.15. The molecule has 2 nitrogen and oxygen atoms in total. The molecular formula is C11H13NO. The first-order chi connectivity index (χ1) is 6.25. The van der Waals surface area contributed by atoms with Crippen LogP contribution in [-0.2, 0) is 4.74 Å². The molecule has 0 aliphatic carbocycles. The third-order valence-electron chi connectivity index (χ3n) is 2.10. The van der Waals surface area contributed by atoms with Crippen LogP contribution < -0.4 is 0 Å². The van der Waals surface area contributed by atoms with E-state index in [1.807, 2.05) is 12.1 Å². The maximum absolute atomic E-state index is 5.44. The van der Waals surface area contributed by atoms with E-state index in [0.29, 0.717) is 12.6 Å². The Bertz CT molecular complexity index is 326. The smallest absolute Gasteiger partial charge is 0.216 e. The standard InChI is InChI=1S/C11H13NO/c1-8-3-5-10(6-4-8)11-12-9(2)7-13-11/h3-6,9H,7H2,1-2H3/t9-/m0/s1. The van der Waals surface area contributed by atoms with Crippen LogP contribution in [0.2, 0.25) is 0 Å². The molecule has 2 heteroatoms. The van der Waals surface area contributed by atoms with Gasteiger partial charge in [0.2, 0.25) is 5.90 Å². The van der Waals surface area contributed by atoms with E-state index in [2.05, 4.69) is 31.0 Å². The quantitative estimate of drug-likeness (QED) is 0.641. The van der Waals surface area contributed by atoms with Crippen LogP contribution in [0.25, 0.3) is 0 Å². The average molecular weight is 175 g/mol. The van der Waals surface area contributed by atoms with Gasteiger partial charge in [-0.1, -0.05) is 17.7 Å². The molecule has 1 aromatic carbocycles. The highest BCUT2D eigenvalue weighted by atomic mass is 16.5. The van der Waals surface area contributed by atoms with Gasteiger partial charge in [-0.3, -0.25) is 0 Å². The molecule has 0 amide bonds. The van der Waals surface area contributed by atoms with Gasteiger partial charge in [0.1, 0.15) is 6.61 Å². The lowest BCUT2D eigenvalue weighted by Gasteiger charge is -2.00. The lowest BCUT2D eigenvalue weighted by atomic mass is 10.1. The predicted molar refractivity (Wildman–Crippen MR) is 53.1 cm³/mol. The van der Waals surface area contributed by atoms with E-state index in [0.717, 1.165) is 11.5 Å². The van der Waals surface area contributed by atoms with Gasteiger partial charge in [0, 0.05) is 5.56 Å².